The molecular weight excluding hydrogens is 208 g/mol. The van der Waals surface area contributed by atoms with Crippen molar-refractivity contribution in [3.05, 3.63) is 0 Å². The molecule has 0 aromatic heterocycles. The normalized spacial score (nSPS) is 25.4. The largest absolute Gasteiger partial charge is 0.314 e. The van der Waals surface area contributed by atoms with E-state index >= 15 is 0 Å². The van der Waals surface area contributed by atoms with Crippen molar-refractivity contribution in [1.82, 2.24) is 10.2 Å². The summed E-state index contributed by atoms with van der Waals surface area (Å²) in [6.07, 6.45) is 8.40. The number of rotatable bonds is 8. The van der Waals surface area contributed by atoms with Crippen LogP contribution in [0, 0.1) is 5.92 Å². The van der Waals surface area contributed by atoms with Crippen LogP contribution in [0.15, 0.2) is 0 Å². The maximum atomic E-state index is 3.80. The molecule has 0 aromatic carbocycles. The molecule has 0 bridgehead atoms. The second kappa shape index (κ2) is 8.93. The number of hydrogen-bond donors (Lipinski definition) is 1. The molecule has 0 spiro atoms. The molecule has 2 heteroatoms. The van der Waals surface area contributed by atoms with Crippen molar-refractivity contribution in [2.75, 3.05) is 26.2 Å². The summed E-state index contributed by atoms with van der Waals surface area (Å²) < 4.78 is 0. The van der Waals surface area contributed by atoms with Gasteiger partial charge in [0.1, 0.15) is 0 Å². The van der Waals surface area contributed by atoms with E-state index in [0.29, 0.717) is 0 Å². The van der Waals surface area contributed by atoms with E-state index in [9.17, 15) is 0 Å². The molecule has 0 aromatic rings. The van der Waals surface area contributed by atoms with Crippen LogP contribution in [0.4, 0.5) is 0 Å². The third-order valence-corrected chi connectivity index (χ3v) is 4.39. The molecule has 102 valence electrons. The molecule has 1 aliphatic carbocycles. The minimum absolute atomic E-state index is 0.811. The Morgan fingerprint density at radius 3 is 2.41 bits per heavy atom. The minimum atomic E-state index is 0.811. The maximum Gasteiger partial charge on any atom is 0.00952 e. The topological polar surface area (TPSA) is 15.3 Å². The molecule has 2 nitrogen and oxygen atoms in total. The van der Waals surface area contributed by atoms with Crippen molar-refractivity contribution in [3.8, 4) is 0 Å². The predicted molar refractivity (Wildman–Crippen MR) is 76.4 cm³/mol. The predicted octanol–water partition coefficient (Wildman–Crippen LogP) is 3.28. The Labute approximate surface area is 108 Å². The van der Waals surface area contributed by atoms with Gasteiger partial charge in [-0.05, 0) is 51.4 Å². The standard InChI is InChI=1S/C15H32N2/c1-4-14-10-7-8-11-15(14)16-12-9-13-17(5-2)6-3/h14-16H,4-13H2,1-3H3. The van der Waals surface area contributed by atoms with Crippen LogP contribution in [0.5, 0.6) is 0 Å². The van der Waals surface area contributed by atoms with Crippen molar-refractivity contribution in [2.24, 2.45) is 5.92 Å². The van der Waals surface area contributed by atoms with Gasteiger partial charge in [-0.1, -0.05) is 40.0 Å². The van der Waals surface area contributed by atoms with Gasteiger partial charge in [0.25, 0.3) is 0 Å². The zero-order valence-electron chi connectivity index (χ0n) is 12.2. The van der Waals surface area contributed by atoms with E-state index < -0.39 is 0 Å². The second-order valence-electron chi connectivity index (χ2n) is 5.39. The molecule has 0 radical (unpaired) electrons. The first-order chi connectivity index (χ1) is 8.31. The highest BCUT2D eigenvalue weighted by molar-refractivity contribution is 4.80. The van der Waals surface area contributed by atoms with Gasteiger partial charge in [0.15, 0.2) is 0 Å². The summed E-state index contributed by atoms with van der Waals surface area (Å²) >= 11 is 0. The first kappa shape index (κ1) is 15.0. The van der Waals surface area contributed by atoms with Crippen molar-refractivity contribution in [1.29, 1.82) is 0 Å². The molecule has 1 fully saturated rings. The molecular formula is C15H32N2. The molecule has 1 rings (SSSR count). The molecule has 0 amide bonds. The van der Waals surface area contributed by atoms with Gasteiger partial charge in [0, 0.05) is 6.04 Å². The fraction of sp³-hybridized carbons (Fsp3) is 1.00. The Balaban J connectivity index is 2.12. The summed E-state index contributed by atoms with van der Waals surface area (Å²) in [4.78, 5) is 2.51. The molecule has 2 atom stereocenters. The van der Waals surface area contributed by atoms with E-state index in [1.165, 1.54) is 64.7 Å². The summed E-state index contributed by atoms with van der Waals surface area (Å²) in [6.45, 7) is 11.7. The Bertz CT molecular complexity index is 178. The van der Waals surface area contributed by atoms with Crippen LogP contribution in [0.3, 0.4) is 0 Å². The number of hydrogen-bond acceptors (Lipinski definition) is 2. The van der Waals surface area contributed by atoms with E-state index in [2.05, 4.69) is 31.0 Å². The second-order valence-corrected chi connectivity index (χ2v) is 5.39. The van der Waals surface area contributed by atoms with Crippen molar-refractivity contribution in [2.45, 2.75) is 65.3 Å². The van der Waals surface area contributed by atoms with Crippen LogP contribution in [-0.4, -0.2) is 37.1 Å². The Hall–Kier alpha value is -0.0800. The highest BCUT2D eigenvalue weighted by atomic mass is 15.1. The van der Waals surface area contributed by atoms with Crippen molar-refractivity contribution < 1.29 is 0 Å². The summed E-state index contributed by atoms with van der Waals surface area (Å²) in [5.74, 6) is 0.942. The average molecular weight is 240 g/mol. The Morgan fingerprint density at radius 1 is 1.06 bits per heavy atom. The van der Waals surface area contributed by atoms with Crippen LogP contribution < -0.4 is 5.32 Å². The van der Waals surface area contributed by atoms with Crippen LogP contribution in [0.1, 0.15) is 59.3 Å². The molecule has 17 heavy (non-hydrogen) atoms. The van der Waals surface area contributed by atoms with Gasteiger partial charge in [0.05, 0.1) is 0 Å². The molecule has 1 aliphatic rings. The summed E-state index contributed by atoms with van der Waals surface area (Å²) in [6, 6.07) is 0.811. The monoisotopic (exact) mass is 240 g/mol. The maximum absolute atomic E-state index is 3.80. The summed E-state index contributed by atoms with van der Waals surface area (Å²) in [5.41, 5.74) is 0. The van der Waals surface area contributed by atoms with Crippen LogP contribution >= 0.6 is 0 Å². The van der Waals surface area contributed by atoms with Gasteiger partial charge in [-0.15, -0.1) is 0 Å². The van der Waals surface area contributed by atoms with E-state index in [1.54, 1.807) is 0 Å². The molecule has 0 aliphatic heterocycles. The van der Waals surface area contributed by atoms with Crippen molar-refractivity contribution in [3.63, 3.8) is 0 Å². The minimum Gasteiger partial charge on any atom is -0.314 e. The fourth-order valence-electron chi connectivity index (χ4n) is 3.09. The fourth-order valence-corrected chi connectivity index (χ4v) is 3.09. The van der Waals surface area contributed by atoms with Crippen LogP contribution in [0.2, 0.25) is 0 Å². The van der Waals surface area contributed by atoms with Gasteiger partial charge in [-0.25, -0.2) is 0 Å². The van der Waals surface area contributed by atoms with Crippen LogP contribution in [0.25, 0.3) is 0 Å². The molecule has 1 saturated carbocycles. The first-order valence-electron chi connectivity index (χ1n) is 7.77. The lowest BCUT2D eigenvalue weighted by Crippen LogP contribution is -2.39. The zero-order valence-corrected chi connectivity index (χ0v) is 12.2. The third kappa shape index (κ3) is 5.39. The zero-order chi connectivity index (χ0) is 12.5. The van der Waals surface area contributed by atoms with Gasteiger partial charge in [-0.3, -0.25) is 0 Å². The lowest BCUT2D eigenvalue weighted by atomic mass is 9.83. The third-order valence-electron chi connectivity index (χ3n) is 4.39. The lowest BCUT2D eigenvalue weighted by Gasteiger charge is -2.32. The highest BCUT2D eigenvalue weighted by Gasteiger charge is 2.22. The van der Waals surface area contributed by atoms with E-state index in [0.717, 1.165) is 12.0 Å². The van der Waals surface area contributed by atoms with E-state index in [1.807, 2.05) is 0 Å². The number of nitrogens with zero attached hydrogens (tertiary/aromatic N) is 1. The van der Waals surface area contributed by atoms with Gasteiger partial charge in [0.2, 0.25) is 0 Å². The SMILES string of the molecule is CCC1CCCCC1NCCCN(CC)CC. The lowest BCUT2D eigenvalue weighted by molar-refractivity contribution is 0.246. The van der Waals surface area contributed by atoms with Gasteiger partial charge >= 0.3 is 0 Å². The smallest absolute Gasteiger partial charge is 0.00952 e. The van der Waals surface area contributed by atoms with Crippen molar-refractivity contribution >= 4 is 0 Å². The molecule has 1 N–H and O–H groups in total. The number of nitrogens with one attached hydrogen (secondary N) is 1. The Kier molecular flexibility index (Phi) is 7.87. The summed E-state index contributed by atoms with van der Waals surface area (Å²) in [7, 11) is 0. The Morgan fingerprint density at radius 2 is 1.76 bits per heavy atom. The van der Waals surface area contributed by atoms with Gasteiger partial charge < -0.3 is 10.2 Å². The van der Waals surface area contributed by atoms with E-state index in [-0.39, 0.29) is 0 Å². The molecule has 0 heterocycles. The van der Waals surface area contributed by atoms with E-state index in [4.69, 9.17) is 0 Å². The average Bonchev–Trinajstić information content (AvgIpc) is 2.39. The summed E-state index contributed by atoms with van der Waals surface area (Å²) in [5, 5.41) is 3.80. The quantitative estimate of drug-likeness (QED) is 0.655. The van der Waals surface area contributed by atoms with Crippen LogP contribution in [-0.2, 0) is 0 Å². The first-order valence-corrected chi connectivity index (χ1v) is 7.77. The highest BCUT2D eigenvalue weighted by Crippen LogP contribution is 2.26. The molecule has 2 unspecified atom stereocenters. The van der Waals surface area contributed by atoms with Gasteiger partial charge in [-0.2, -0.15) is 0 Å². The molecule has 0 saturated heterocycles.